The second kappa shape index (κ2) is 5.04. The van der Waals surface area contributed by atoms with E-state index >= 15 is 0 Å². The molecule has 0 atom stereocenters. The highest BCUT2D eigenvalue weighted by atomic mass is 32.3. The molecule has 0 aromatic carbocycles. The van der Waals surface area contributed by atoms with Gasteiger partial charge in [0.15, 0.2) is 0 Å². The van der Waals surface area contributed by atoms with Gasteiger partial charge in [0.2, 0.25) is 0 Å². The Balaban J connectivity index is 3.51. The summed E-state index contributed by atoms with van der Waals surface area (Å²) >= 11 is 0. The molecule has 0 saturated heterocycles. The molecule has 0 heterocycles. The Morgan fingerprint density at radius 1 is 1.33 bits per heavy atom. The van der Waals surface area contributed by atoms with Crippen molar-refractivity contribution < 1.29 is 14.3 Å². The Labute approximate surface area is 75.6 Å². The van der Waals surface area contributed by atoms with Crippen LogP contribution in [0.25, 0.3) is 0 Å². The third-order valence-electron chi connectivity index (χ3n) is 1.53. The van der Waals surface area contributed by atoms with Crippen molar-refractivity contribution in [3.63, 3.8) is 0 Å². The standard InChI is InChI=1S/C7H19NO3S/c1-7(2)5-4-6-8(9)12(3,10)11/h7,9-11H,4-6H2,1-3H3. The first kappa shape index (κ1) is 12.2. The highest BCUT2D eigenvalue weighted by molar-refractivity contribution is 8.21. The lowest BCUT2D eigenvalue weighted by molar-refractivity contribution is -0.00932. The molecule has 0 aromatic heterocycles. The van der Waals surface area contributed by atoms with E-state index in [4.69, 9.17) is 14.3 Å². The minimum Gasteiger partial charge on any atom is -0.295 e. The van der Waals surface area contributed by atoms with Crippen LogP contribution >= 0.6 is 10.8 Å². The number of hydrogen-bond donors (Lipinski definition) is 3. The topological polar surface area (TPSA) is 63.9 Å². The summed E-state index contributed by atoms with van der Waals surface area (Å²) in [7, 11) is -2.91. The summed E-state index contributed by atoms with van der Waals surface area (Å²) in [5.41, 5.74) is 0. The molecule has 0 aliphatic rings. The van der Waals surface area contributed by atoms with E-state index in [-0.39, 0.29) is 0 Å². The van der Waals surface area contributed by atoms with E-state index in [1.54, 1.807) is 0 Å². The molecule has 0 aliphatic carbocycles. The average Bonchev–Trinajstić information content (AvgIpc) is 1.84. The lowest BCUT2D eigenvalue weighted by Gasteiger charge is -2.34. The van der Waals surface area contributed by atoms with Gasteiger partial charge in [-0.1, -0.05) is 18.3 Å². The summed E-state index contributed by atoms with van der Waals surface area (Å²) in [6, 6.07) is 0. The van der Waals surface area contributed by atoms with Crippen LogP contribution in [0.4, 0.5) is 0 Å². The molecule has 0 rings (SSSR count). The van der Waals surface area contributed by atoms with Crippen LogP contribution < -0.4 is 0 Å². The van der Waals surface area contributed by atoms with Crippen molar-refractivity contribution >= 4 is 10.8 Å². The van der Waals surface area contributed by atoms with Gasteiger partial charge in [-0.05, 0) is 18.8 Å². The van der Waals surface area contributed by atoms with Gasteiger partial charge in [-0.2, -0.15) is 0 Å². The molecule has 76 valence electrons. The predicted molar refractivity (Wildman–Crippen MR) is 51.3 cm³/mol. The summed E-state index contributed by atoms with van der Waals surface area (Å²) in [5.74, 6) is 0.581. The van der Waals surface area contributed by atoms with E-state index in [1.807, 2.05) is 0 Å². The molecule has 5 heteroatoms. The van der Waals surface area contributed by atoms with Crippen LogP contribution in [0.2, 0.25) is 0 Å². The van der Waals surface area contributed by atoms with Crippen molar-refractivity contribution in [1.29, 1.82) is 0 Å². The summed E-state index contributed by atoms with van der Waals surface area (Å²) in [6.07, 6.45) is 2.97. The lowest BCUT2D eigenvalue weighted by Crippen LogP contribution is -2.24. The van der Waals surface area contributed by atoms with Crippen molar-refractivity contribution in [1.82, 2.24) is 4.47 Å². The monoisotopic (exact) mass is 197 g/mol. The van der Waals surface area contributed by atoms with Crippen molar-refractivity contribution in [3.05, 3.63) is 0 Å². The largest absolute Gasteiger partial charge is 0.295 e. The molecular formula is C7H19NO3S. The third-order valence-corrected chi connectivity index (χ3v) is 2.51. The molecule has 4 nitrogen and oxygen atoms in total. The maximum absolute atomic E-state index is 9.07. The van der Waals surface area contributed by atoms with Gasteiger partial charge in [-0.3, -0.25) is 14.3 Å². The van der Waals surface area contributed by atoms with E-state index in [0.717, 1.165) is 12.8 Å². The minimum absolute atomic E-state index is 0.316. The predicted octanol–water partition coefficient (Wildman–Crippen LogP) is 2.41. The van der Waals surface area contributed by atoms with Crippen LogP contribution in [0.3, 0.4) is 0 Å². The highest BCUT2D eigenvalue weighted by Crippen LogP contribution is 2.36. The number of rotatable bonds is 5. The Hall–Kier alpha value is 0.190. The number of hydroxylamine groups is 1. The van der Waals surface area contributed by atoms with Crippen LogP contribution in [0.15, 0.2) is 0 Å². The van der Waals surface area contributed by atoms with E-state index in [9.17, 15) is 0 Å². The molecule has 0 bridgehead atoms. The fourth-order valence-corrected chi connectivity index (χ4v) is 1.28. The average molecular weight is 197 g/mol. The molecule has 12 heavy (non-hydrogen) atoms. The zero-order valence-corrected chi connectivity index (χ0v) is 8.71. The van der Waals surface area contributed by atoms with Gasteiger partial charge >= 0.3 is 0 Å². The van der Waals surface area contributed by atoms with Gasteiger partial charge in [-0.25, -0.2) is 0 Å². The molecule has 0 fully saturated rings. The smallest absolute Gasteiger partial charge is 0.0447 e. The molecular weight excluding hydrogens is 178 g/mol. The van der Waals surface area contributed by atoms with E-state index in [2.05, 4.69) is 13.8 Å². The Kier molecular flexibility index (Phi) is 5.12. The Morgan fingerprint density at radius 2 is 1.83 bits per heavy atom. The molecule has 0 unspecified atom stereocenters. The fraction of sp³-hybridized carbons (Fsp3) is 1.00. The zero-order valence-electron chi connectivity index (χ0n) is 7.90. The van der Waals surface area contributed by atoms with Crippen LogP contribution in [0, 0.1) is 5.92 Å². The van der Waals surface area contributed by atoms with Crippen LogP contribution in [0.5, 0.6) is 0 Å². The van der Waals surface area contributed by atoms with Gasteiger partial charge in [0.05, 0.1) is 0 Å². The Morgan fingerprint density at radius 3 is 2.17 bits per heavy atom. The van der Waals surface area contributed by atoms with Crippen molar-refractivity contribution in [2.75, 3.05) is 12.8 Å². The van der Waals surface area contributed by atoms with E-state index in [0.29, 0.717) is 16.9 Å². The summed E-state index contributed by atoms with van der Waals surface area (Å²) < 4.78 is 18.6. The van der Waals surface area contributed by atoms with Crippen molar-refractivity contribution in [2.24, 2.45) is 5.92 Å². The molecule has 0 amide bonds. The zero-order chi connectivity index (χ0) is 9.78. The SMILES string of the molecule is CC(C)CCCN(O)S(C)(O)O. The van der Waals surface area contributed by atoms with Crippen LogP contribution in [0.1, 0.15) is 26.7 Å². The summed E-state index contributed by atoms with van der Waals surface area (Å²) in [5, 5.41) is 9.07. The fourth-order valence-electron chi connectivity index (χ4n) is 0.808. The molecule has 0 aromatic rings. The van der Waals surface area contributed by atoms with Gasteiger partial charge in [0, 0.05) is 12.8 Å². The normalized spacial score (nSPS) is 14.3. The van der Waals surface area contributed by atoms with E-state index in [1.165, 1.54) is 6.26 Å². The third kappa shape index (κ3) is 5.79. The maximum atomic E-state index is 9.07. The van der Waals surface area contributed by atoms with E-state index < -0.39 is 10.8 Å². The summed E-state index contributed by atoms with van der Waals surface area (Å²) in [6.45, 7) is 4.49. The van der Waals surface area contributed by atoms with Gasteiger partial charge in [0.25, 0.3) is 0 Å². The van der Waals surface area contributed by atoms with Crippen molar-refractivity contribution in [3.8, 4) is 0 Å². The molecule has 0 spiro atoms. The van der Waals surface area contributed by atoms with Gasteiger partial charge in [-0.15, -0.1) is 10.8 Å². The maximum Gasteiger partial charge on any atom is 0.0447 e. The second-order valence-electron chi connectivity index (χ2n) is 3.40. The van der Waals surface area contributed by atoms with Crippen LogP contribution in [-0.4, -0.2) is 31.6 Å². The lowest BCUT2D eigenvalue weighted by atomic mass is 10.1. The van der Waals surface area contributed by atoms with Crippen LogP contribution in [-0.2, 0) is 0 Å². The summed E-state index contributed by atoms with van der Waals surface area (Å²) in [4.78, 5) is 0. The first-order chi connectivity index (χ1) is 5.34. The highest BCUT2D eigenvalue weighted by Gasteiger charge is 2.13. The molecule has 0 aliphatic heterocycles. The number of hydrogen-bond acceptors (Lipinski definition) is 4. The quantitative estimate of drug-likeness (QED) is 0.592. The first-order valence-corrected chi connectivity index (χ1v) is 5.95. The molecule has 0 radical (unpaired) electrons. The molecule has 3 N–H and O–H groups in total. The van der Waals surface area contributed by atoms with Gasteiger partial charge < -0.3 is 0 Å². The molecule has 0 saturated carbocycles. The second-order valence-corrected chi connectivity index (χ2v) is 5.41. The first-order valence-electron chi connectivity index (χ1n) is 4.04. The van der Waals surface area contributed by atoms with Crippen molar-refractivity contribution in [2.45, 2.75) is 26.7 Å². The minimum atomic E-state index is -2.91. The van der Waals surface area contributed by atoms with Gasteiger partial charge in [0.1, 0.15) is 0 Å². The Bertz CT molecular complexity index is 124. The number of nitrogens with zero attached hydrogens (tertiary/aromatic N) is 1.